The Balaban J connectivity index is 0.00000147. The Labute approximate surface area is 137 Å². The summed E-state index contributed by atoms with van der Waals surface area (Å²) in [7, 11) is 0. The topological polar surface area (TPSA) is 23.3 Å². The molecular formula is C16H15NOSZn. The van der Waals surface area contributed by atoms with Crippen molar-refractivity contribution in [2.75, 3.05) is 0 Å². The Bertz CT molecular complexity index is 563. The van der Waals surface area contributed by atoms with Crippen molar-refractivity contribution in [3.63, 3.8) is 0 Å². The van der Waals surface area contributed by atoms with E-state index in [1.807, 2.05) is 38.1 Å². The van der Waals surface area contributed by atoms with E-state index >= 15 is 0 Å². The molecule has 0 fully saturated rings. The fraction of sp³-hybridized carbons (Fsp3) is 0.188. The Kier molecular flexibility index (Phi) is 5.12. The van der Waals surface area contributed by atoms with Crippen LogP contribution in [0.3, 0.4) is 0 Å². The van der Waals surface area contributed by atoms with Gasteiger partial charge in [0, 0.05) is 0 Å². The van der Waals surface area contributed by atoms with Crippen molar-refractivity contribution in [1.29, 1.82) is 0 Å². The molecule has 0 N–H and O–H groups in total. The smallest absolute Gasteiger partial charge is 0.668 e. The summed E-state index contributed by atoms with van der Waals surface area (Å²) in [5, 5.41) is 4.85. The maximum Gasteiger partial charge on any atom is 2.00 e. The van der Waals surface area contributed by atoms with Gasteiger partial charge in [-0.15, -0.1) is 17.4 Å². The number of rotatable bonds is 3. The molecule has 0 spiro atoms. The molecule has 0 saturated carbocycles. The maximum atomic E-state index is 5.80. The summed E-state index contributed by atoms with van der Waals surface area (Å²) in [5.74, 6) is 0.900. The summed E-state index contributed by atoms with van der Waals surface area (Å²) in [6.07, 6.45) is 0.938. The van der Waals surface area contributed by atoms with E-state index in [0.717, 1.165) is 23.1 Å². The molecule has 2 nitrogen and oxygen atoms in total. The fourth-order valence-corrected chi connectivity index (χ4v) is 3.19. The van der Waals surface area contributed by atoms with E-state index in [1.165, 1.54) is 4.90 Å². The molecular weight excluding hydrogens is 320 g/mol. The summed E-state index contributed by atoms with van der Waals surface area (Å²) >= 11 is 1.77. The van der Waals surface area contributed by atoms with Gasteiger partial charge in [-0.3, -0.25) is 0 Å². The Morgan fingerprint density at radius 1 is 1.05 bits per heavy atom. The molecule has 0 aromatic heterocycles. The third-order valence-electron chi connectivity index (χ3n) is 2.86. The van der Waals surface area contributed by atoms with Crippen LogP contribution in [0.4, 0.5) is 5.69 Å². The van der Waals surface area contributed by atoms with Crippen LogP contribution >= 0.6 is 11.8 Å². The van der Waals surface area contributed by atoms with Crippen molar-refractivity contribution in [3.8, 4) is 5.75 Å². The van der Waals surface area contributed by atoms with E-state index in [0.29, 0.717) is 0 Å². The molecule has 1 unspecified atom stereocenters. The molecule has 20 heavy (non-hydrogen) atoms. The Morgan fingerprint density at radius 2 is 1.75 bits per heavy atom. The summed E-state index contributed by atoms with van der Waals surface area (Å²) in [6.45, 7) is 3.93. The number of benzene rings is 2. The molecule has 1 aliphatic heterocycles. The van der Waals surface area contributed by atoms with Gasteiger partial charge in [-0.2, -0.15) is 20.0 Å². The Hall–Kier alpha value is -0.987. The standard InChI is InChI=1S/C16H15NOS.Zn/c1-11(2)18-14-9-5-3-7-12(14)16-17-13-8-4-6-10-15(13)19-16;/h3-10,16H,1-2H3;/q-2;+2. The van der Waals surface area contributed by atoms with Gasteiger partial charge in [0.1, 0.15) is 0 Å². The molecule has 98 valence electrons. The van der Waals surface area contributed by atoms with Crippen LogP contribution in [-0.4, -0.2) is 0 Å². The maximum absolute atomic E-state index is 5.80. The van der Waals surface area contributed by atoms with Gasteiger partial charge in [-0.1, -0.05) is 36.4 Å². The molecule has 0 radical (unpaired) electrons. The number of fused-ring (bicyclic) bond motifs is 1. The molecule has 3 rings (SSSR count). The zero-order valence-electron chi connectivity index (χ0n) is 11.7. The molecule has 0 saturated heterocycles. The van der Waals surface area contributed by atoms with Gasteiger partial charge in [-0.25, -0.2) is 0 Å². The normalized spacial score (nSPS) is 16.2. The zero-order chi connectivity index (χ0) is 13.2. The van der Waals surface area contributed by atoms with Crippen LogP contribution in [0.1, 0.15) is 24.8 Å². The average molecular weight is 335 g/mol. The van der Waals surface area contributed by atoms with E-state index in [2.05, 4.69) is 24.3 Å². The molecule has 1 atom stereocenters. The first-order chi connectivity index (χ1) is 9.24. The van der Waals surface area contributed by atoms with Gasteiger partial charge < -0.3 is 10.1 Å². The number of nitrogens with zero attached hydrogens (tertiary/aromatic N) is 1. The minimum absolute atomic E-state index is 0. The number of hydrogen-bond donors (Lipinski definition) is 0. The van der Waals surface area contributed by atoms with Gasteiger partial charge in [-0.05, 0) is 28.0 Å². The number of thioether (sulfide) groups is 1. The van der Waals surface area contributed by atoms with Crippen LogP contribution in [0.15, 0.2) is 53.4 Å². The fourth-order valence-electron chi connectivity index (χ4n) is 2.07. The minimum Gasteiger partial charge on any atom is -0.668 e. The van der Waals surface area contributed by atoms with Gasteiger partial charge in [0.25, 0.3) is 0 Å². The van der Waals surface area contributed by atoms with Crippen LogP contribution in [0.5, 0.6) is 5.75 Å². The van der Waals surface area contributed by atoms with Crippen molar-refractivity contribution < 1.29 is 24.2 Å². The Morgan fingerprint density at radius 3 is 2.50 bits per heavy atom. The van der Waals surface area contributed by atoms with Crippen LogP contribution in [0.25, 0.3) is 5.32 Å². The molecule has 2 aromatic rings. The van der Waals surface area contributed by atoms with Crippen molar-refractivity contribution in [3.05, 3.63) is 65.5 Å². The molecule has 0 amide bonds. The second-order valence-corrected chi connectivity index (χ2v) is 5.74. The third-order valence-corrected chi connectivity index (χ3v) is 4.04. The van der Waals surface area contributed by atoms with Crippen molar-refractivity contribution >= 4 is 17.4 Å². The first-order valence-corrected chi connectivity index (χ1v) is 7.15. The molecule has 0 bridgehead atoms. The third kappa shape index (κ3) is 3.18. The summed E-state index contributed by atoms with van der Waals surface area (Å²) in [5.41, 5.74) is 2.20. The van der Waals surface area contributed by atoms with E-state index in [4.69, 9.17) is 10.1 Å². The van der Waals surface area contributed by atoms with Gasteiger partial charge in [0.15, 0.2) is 0 Å². The van der Waals surface area contributed by atoms with Gasteiger partial charge in [0.2, 0.25) is 0 Å². The van der Waals surface area contributed by atoms with Crippen LogP contribution in [0, 0.1) is 6.10 Å². The van der Waals surface area contributed by atoms with E-state index in [-0.39, 0.29) is 24.9 Å². The minimum atomic E-state index is 0. The summed E-state index contributed by atoms with van der Waals surface area (Å²) in [6, 6.07) is 16.4. The molecule has 0 aliphatic carbocycles. The quantitative estimate of drug-likeness (QED) is 0.551. The van der Waals surface area contributed by atoms with Crippen molar-refractivity contribution in [2.24, 2.45) is 0 Å². The van der Waals surface area contributed by atoms with Crippen LogP contribution in [0.2, 0.25) is 0 Å². The average Bonchev–Trinajstić information content (AvgIpc) is 2.82. The molecule has 1 heterocycles. The second kappa shape index (κ2) is 6.64. The van der Waals surface area contributed by atoms with Crippen LogP contribution in [-0.2, 0) is 19.5 Å². The number of ether oxygens (including phenoxy) is 1. The zero-order valence-corrected chi connectivity index (χ0v) is 15.5. The number of para-hydroxylation sites is 2. The first kappa shape index (κ1) is 15.4. The van der Waals surface area contributed by atoms with Gasteiger partial charge >= 0.3 is 19.5 Å². The predicted octanol–water partition coefficient (Wildman–Crippen LogP) is 5.44. The van der Waals surface area contributed by atoms with Crippen molar-refractivity contribution in [1.82, 2.24) is 0 Å². The van der Waals surface area contributed by atoms with Crippen LogP contribution < -0.4 is 4.74 Å². The molecule has 2 aromatic carbocycles. The van der Waals surface area contributed by atoms with E-state index in [1.54, 1.807) is 11.8 Å². The molecule has 4 heteroatoms. The second-order valence-electron chi connectivity index (χ2n) is 4.62. The number of hydrogen-bond acceptors (Lipinski definition) is 2. The van der Waals surface area contributed by atoms with Crippen molar-refractivity contribution in [2.45, 2.75) is 24.1 Å². The SMILES string of the molecule is C[C-](C)Oc1ccccc1C1[N-]c2ccccc2S1.[Zn+2]. The summed E-state index contributed by atoms with van der Waals surface area (Å²) < 4.78 is 5.80. The van der Waals surface area contributed by atoms with Gasteiger partial charge in [0.05, 0.1) is 5.75 Å². The largest absolute Gasteiger partial charge is 2.00 e. The first-order valence-electron chi connectivity index (χ1n) is 6.27. The monoisotopic (exact) mass is 333 g/mol. The molecule has 1 aliphatic rings. The predicted molar refractivity (Wildman–Crippen MR) is 79.7 cm³/mol. The van der Waals surface area contributed by atoms with E-state index in [9.17, 15) is 0 Å². The van der Waals surface area contributed by atoms with E-state index < -0.39 is 0 Å². The summed E-state index contributed by atoms with van der Waals surface area (Å²) in [4.78, 5) is 1.24.